The standard InChI is InChI=1S/C39H36O6/c1-7-35(40)43-28-16-10-25(11-17-28)38(4,5)33-22-23-34(32-24-31(32)33)39(6,26-12-18-29(19-13-26)44-36(41)8-2)27-14-20-30(21-15-27)45-37(42)9-3/h7-23,31-32H,1-3,24H2,4-6H3. The lowest BCUT2D eigenvalue weighted by Gasteiger charge is -2.38. The number of carbonyl (C=O) groups excluding carboxylic acids is 3. The van der Waals surface area contributed by atoms with Gasteiger partial charge in [-0.15, -0.1) is 0 Å². The lowest BCUT2D eigenvalue weighted by molar-refractivity contribution is -0.129. The number of esters is 3. The third-order valence-electron chi connectivity index (χ3n) is 8.93. The first-order chi connectivity index (χ1) is 21.5. The van der Waals surface area contributed by atoms with E-state index in [1.165, 1.54) is 11.1 Å². The van der Waals surface area contributed by atoms with E-state index in [4.69, 9.17) is 14.2 Å². The lowest BCUT2D eigenvalue weighted by atomic mass is 9.66. The number of fused-ring (bicyclic) bond motifs is 1. The van der Waals surface area contributed by atoms with E-state index in [0.717, 1.165) is 41.3 Å². The first-order valence-corrected chi connectivity index (χ1v) is 14.8. The van der Waals surface area contributed by atoms with Crippen molar-refractivity contribution in [2.45, 2.75) is 38.0 Å². The predicted molar refractivity (Wildman–Crippen MR) is 174 cm³/mol. The van der Waals surface area contributed by atoms with Gasteiger partial charge in [0.05, 0.1) is 0 Å². The second kappa shape index (κ2) is 12.4. The minimum absolute atomic E-state index is 0.244. The summed E-state index contributed by atoms with van der Waals surface area (Å²) in [4.78, 5) is 35.2. The highest BCUT2D eigenvalue weighted by atomic mass is 16.5. The van der Waals surface area contributed by atoms with Crippen LogP contribution in [-0.4, -0.2) is 17.9 Å². The summed E-state index contributed by atoms with van der Waals surface area (Å²) in [7, 11) is 0. The van der Waals surface area contributed by atoms with Crippen LogP contribution in [0, 0.1) is 11.8 Å². The van der Waals surface area contributed by atoms with Crippen molar-refractivity contribution in [1.29, 1.82) is 0 Å². The van der Waals surface area contributed by atoms with E-state index in [9.17, 15) is 14.4 Å². The van der Waals surface area contributed by atoms with Crippen LogP contribution in [0.25, 0.3) is 0 Å². The highest BCUT2D eigenvalue weighted by molar-refractivity contribution is 5.84. The molecule has 0 bridgehead atoms. The minimum atomic E-state index is -0.524. The van der Waals surface area contributed by atoms with Crippen LogP contribution in [0.15, 0.2) is 134 Å². The molecule has 45 heavy (non-hydrogen) atoms. The second-order valence-electron chi connectivity index (χ2n) is 11.9. The van der Waals surface area contributed by atoms with Crippen LogP contribution in [0.4, 0.5) is 0 Å². The summed E-state index contributed by atoms with van der Waals surface area (Å²) in [5, 5.41) is 0. The van der Waals surface area contributed by atoms with Gasteiger partial charge in [0.2, 0.25) is 0 Å². The molecule has 3 aromatic rings. The molecule has 0 heterocycles. The molecule has 5 rings (SSSR count). The third kappa shape index (κ3) is 6.22. The van der Waals surface area contributed by atoms with Crippen molar-refractivity contribution in [3.05, 3.63) is 151 Å². The van der Waals surface area contributed by atoms with Gasteiger partial charge in [-0.05, 0) is 78.3 Å². The van der Waals surface area contributed by atoms with Crippen LogP contribution in [0.3, 0.4) is 0 Å². The highest BCUT2D eigenvalue weighted by Gasteiger charge is 2.52. The van der Waals surface area contributed by atoms with Gasteiger partial charge >= 0.3 is 17.9 Å². The first kappa shape index (κ1) is 31.2. The molecule has 0 saturated heterocycles. The number of rotatable bonds is 11. The van der Waals surface area contributed by atoms with Gasteiger partial charge in [-0.25, -0.2) is 14.4 Å². The summed E-state index contributed by atoms with van der Waals surface area (Å²) < 4.78 is 15.9. The molecular formula is C39H36O6. The zero-order valence-electron chi connectivity index (χ0n) is 25.7. The fourth-order valence-electron chi connectivity index (χ4n) is 6.31. The quantitative estimate of drug-likeness (QED) is 0.127. The molecule has 0 aromatic heterocycles. The molecule has 6 heteroatoms. The maximum atomic E-state index is 11.8. The molecular weight excluding hydrogens is 564 g/mol. The van der Waals surface area contributed by atoms with Gasteiger partial charge in [-0.2, -0.15) is 0 Å². The maximum Gasteiger partial charge on any atom is 0.335 e. The van der Waals surface area contributed by atoms with Gasteiger partial charge in [0.1, 0.15) is 17.2 Å². The largest absolute Gasteiger partial charge is 0.423 e. The topological polar surface area (TPSA) is 78.9 Å². The summed E-state index contributed by atoms with van der Waals surface area (Å²) >= 11 is 0. The first-order valence-electron chi connectivity index (χ1n) is 14.8. The van der Waals surface area contributed by atoms with Crippen LogP contribution < -0.4 is 14.2 Å². The van der Waals surface area contributed by atoms with Crippen molar-refractivity contribution in [2.24, 2.45) is 11.8 Å². The maximum absolute atomic E-state index is 11.8. The van der Waals surface area contributed by atoms with Crippen molar-refractivity contribution in [3.63, 3.8) is 0 Å². The number of ether oxygens (including phenoxy) is 3. The molecule has 2 aliphatic carbocycles. The Bertz CT molecular complexity index is 1650. The Morgan fingerprint density at radius 2 is 0.911 bits per heavy atom. The molecule has 1 fully saturated rings. The molecule has 1 saturated carbocycles. The van der Waals surface area contributed by atoms with Gasteiger partial charge < -0.3 is 14.2 Å². The molecule has 3 aromatic carbocycles. The Morgan fingerprint density at radius 3 is 1.29 bits per heavy atom. The van der Waals surface area contributed by atoms with Gasteiger partial charge in [-0.1, -0.05) is 93.3 Å². The molecule has 2 atom stereocenters. The summed E-state index contributed by atoms with van der Waals surface area (Å²) in [5.41, 5.74) is 5.07. The Balaban J connectivity index is 1.52. The fraction of sp³-hybridized carbons (Fsp3) is 0.205. The van der Waals surface area contributed by atoms with E-state index in [1.807, 2.05) is 48.5 Å². The molecule has 6 nitrogen and oxygen atoms in total. The van der Waals surface area contributed by atoms with E-state index in [0.29, 0.717) is 29.1 Å². The smallest absolute Gasteiger partial charge is 0.335 e. The van der Waals surface area contributed by atoms with Crippen LogP contribution in [0.5, 0.6) is 17.2 Å². The molecule has 2 aliphatic rings. The SMILES string of the molecule is C=CC(=O)Oc1ccc(C(C)(C)C2=CC=C(C(C)(c3ccc(OC(=O)C=C)cc3)c3ccc(OC(=O)C=C)cc3)C3CC23)cc1. The van der Waals surface area contributed by atoms with Crippen molar-refractivity contribution in [3.8, 4) is 17.2 Å². The van der Waals surface area contributed by atoms with Crippen molar-refractivity contribution in [1.82, 2.24) is 0 Å². The van der Waals surface area contributed by atoms with Gasteiger partial charge in [0.25, 0.3) is 0 Å². The van der Waals surface area contributed by atoms with E-state index in [1.54, 1.807) is 24.3 Å². The zero-order chi connectivity index (χ0) is 32.4. The molecule has 0 radical (unpaired) electrons. The second-order valence-corrected chi connectivity index (χ2v) is 11.9. The molecule has 228 valence electrons. The van der Waals surface area contributed by atoms with Gasteiger partial charge in [0.15, 0.2) is 0 Å². The fourth-order valence-corrected chi connectivity index (χ4v) is 6.31. The number of allylic oxidation sites excluding steroid dienone is 4. The highest BCUT2D eigenvalue weighted by Crippen LogP contribution is 2.61. The van der Waals surface area contributed by atoms with Gasteiger partial charge in [-0.3, -0.25) is 0 Å². The average Bonchev–Trinajstić information content (AvgIpc) is 3.85. The molecule has 2 unspecified atom stereocenters. The normalized spacial score (nSPS) is 17.0. The Labute approximate surface area is 264 Å². The summed E-state index contributed by atoms with van der Waals surface area (Å²) in [6.07, 6.45) is 8.95. The summed E-state index contributed by atoms with van der Waals surface area (Å²) in [5.74, 6) is 0.546. The Hall–Kier alpha value is -5.23. The number of hydrogen-bond donors (Lipinski definition) is 0. The summed E-state index contributed by atoms with van der Waals surface area (Å²) in [6, 6.07) is 22.8. The van der Waals surface area contributed by atoms with Crippen LogP contribution in [0.2, 0.25) is 0 Å². The molecule has 0 spiro atoms. The average molecular weight is 601 g/mol. The van der Waals surface area contributed by atoms with Crippen LogP contribution >= 0.6 is 0 Å². The predicted octanol–water partition coefficient (Wildman–Crippen LogP) is 7.75. The molecule has 0 aliphatic heterocycles. The monoisotopic (exact) mass is 600 g/mol. The molecule has 0 N–H and O–H groups in total. The van der Waals surface area contributed by atoms with Crippen LogP contribution in [-0.2, 0) is 25.2 Å². The number of benzene rings is 3. The lowest BCUT2D eigenvalue weighted by Crippen LogP contribution is -2.30. The van der Waals surface area contributed by atoms with E-state index in [-0.39, 0.29) is 5.41 Å². The number of hydrogen-bond acceptors (Lipinski definition) is 6. The Kier molecular flexibility index (Phi) is 8.60. The van der Waals surface area contributed by atoms with Crippen molar-refractivity contribution in [2.75, 3.05) is 0 Å². The summed E-state index contributed by atoms with van der Waals surface area (Å²) in [6.45, 7) is 17.1. The van der Waals surface area contributed by atoms with E-state index < -0.39 is 23.3 Å². The van der Waals surface area contributed by atoms with E-state index >= 15 is 0 Å². The molecule has 0 amide bonds. The van der Waals surface area contributed by atoms with Gasteiger partial charge in [0, 0.05) is 29.1 Å². The van der Waals surface area contributed by atoms with Crippen molar-refractivity contribution < 1.29 is 28.6 Å². The third-order valence-corrected chi connectivity index (χ3v) is 8.93. The van der Waals surface area contributed by atoms with Crippen LogP contribution in [0.1, 0.15) is 43.9 Å². The number of carbonyl (C=O) groups is 3. The Morgan fingerprint density at radius 1 is 0.578 bits per heavy atom. The minimum Gasteiger partial charge on any atom is -0.423 e. The van der Waals surface area contributed by atoms with E-state index in [2.05, 4.69) is 52.7 Å². The zero-order valence-corrected chi connectivity index (χ0v) is 25.7. The van der Waals surface area contributed by atoms with Crippen molar-refractivity contribution >= 4 is 17.9 Å².